The number of nitrogens with zero attached hydrogens (tertiary/aromatic N) is 1. The van der Waals surface area contributed by atoms with Crippen LogP contribution in [0.1, 0.15) is 19.4 Å². The van der Waals surface area contributed by atoms with E-state index in [2.05, 4.69) is 5.32 Å². The van der Waals surface area contributed by atoms with Crippen LogP contribution in [0.5, 0.6) is 11.5 Å². The van der Waals surface area contributed by atoms with Crippen molar-refractivity contribution in [3.63, 3.8) is 0 Å². The molecule has 1 aliphatic heterocycles. The summed E-state index contributed by atoms with van der Waals surface area (Å²) in [6.45, 7) is 5.48. The molecule has 0 atom stereocenters. The average Bonchev–Trinajstić information content (AvgIpc) is 3.01. The van der Waals surface area contributed by atoms with Crippen LogP contribution in [0.3, 0.4) is 0 Å². The van der Waals surface area contributed by atoms with Crippen LogP contribution in [0.4, 0.5) is 0 Å². The predicted octanol–water partition coefficient (Wildman–Crippen LogP) is 2.46. The molecule has 7 nitrogen and oxygen atoms in total. The molecule has 0 radical (unpaired) electrons. The number of fused-ring (bicyclic) bond motifs is 2. The van der Waals surface area contributed by atoms with Gasteiger partial charge in [0.05, 0.1) is 5.52 Å². The first kappa shape index (κ1) is 18.2. The highest BCUT2D eigenvalue weighted by atomic mass is 16.6. The van der Waals surface area contributed by atoms with Gasteiger partial charge in [0.15, 0.2) is 17.1 Å². The van der Waals surface area contributed by atoms with Gasteiger partial charge < -0.3 is 19.2 Å². The minimum absolute atomic E-state index is 0.0902. The van der Waals surface area contributed by atoms with Crippen molar-refractivity contribution in [1.29, 1.82) is 0 Å². The lowest BCUT2D eigenvalue weighted by atomic mass is 9.84. The maximum absolute atomic E-state index is 12.5. The van der Waals surface area contributed by atoms with Gasteiger partial charge in [-0.15, -0.1) is 0 Å². The van der Waals surface area contributed by atoms with Crippen molar-refractivity contribution >= 4 is 17.0 Å². The second-order valence-electron chi connectivity index (χ2n) is 7.44. The van der Waals surface area contributed by atoms with Gasteiger partial charge in [-0.1, -0.05) is 32.0 Å². The molecule has 146 valence electrons. The molecule has 0 saturated heterocycles. The summed E-state index contributed by atoms with van der Waals surface area (Å²) in [7, 11) is 0. The molecule has 1 aliphatic rings. The summed E-state index contributed by atoms with van der Waals surface area (Å²) in [5, 5.41) is 2.92. The molecular formula is C21H22N2O5. The number of hydrogen-bond donors (Lipinski definition) is 1. The molecule has 0 aliphatic carbocycles. The van der Waals surface area contributed by atoms with Gasteiger partial charge in [-0.3, -0.25) is 9.36 Å². The summed E-state index contributed by atoms with van der Waals surface area (Å²) in [6, 6.07) is 12.9. The zero-order valence-corrected chi connectivity index (χ0v) is 15.9. The second kappa shape index (κ2) is 7.07. The van der Waals surface area contributed by atoms with Gasteiger partial charge in [-0.05, 0) is 29.8 Å². The number of amides is 1. The standard InChI is InChI=1S/C21H22N2O5/c1-21(2,14-7-8-17-18(11-14)27-10-9-26-17)13-22-19(24)12-23-15-5-3-4-6-16(15)28-20(23)25/h3-8,11H,9-10,12-13H2,1-2H3,(H,22,24). The molecule has 7 heteroatoms. The third kappa shape index (κ3) is 3.47. The molecule has 4 rings (SSSR count). The Morgan fingerprint density at radius 3 is 2.68 bits per heavy atom. The molecule has 0 unspecified atom stereocenters. The van der Waals surface area contributed by atoms with Gasteiger partial charge >= 0.3 is 5.76 Å². The molecule has 2 aromatic carbocycles. The van der Waals surface area contributed by atoms with E-state index in [1.54, 1.807) is 24.3 Å². The number of carbonyl (C=O) groups is 1. The first-order valence-electron chi connectivity index (χ1n) is 9.19. The van der Waals surface area contributed by atoms with E-state index >= 15 is 0 Å². The number of aromatic nitrogens is 1. The summed E-state index contributed by atoms with van der Waals surface area (Å²) in [5.41, 5.74) is 1.78. The molecule has 28 heavy (non-hydrogen) atoms. The van der Waals surface area contributed by atoms with Crippen molar-refractivity contribution < 1.29 is 18.7 Å². The number of hydrogen-bond acceptors (Lipinski definition) is 5. The largest absolute Gasteiger partial charge is 0.486 e. The Kier molecular flexibility index (Phi) is 4.58. The van der Waals surface area contributed by atoms with Gasteiger partial charge in [0.2, 0.25) is 5.91 Å². The minimum atomic E-state index is -0.539. The van der Waals surface area contributed by atoms with Crippen molar-refractivity contribution in [2.45, 2.75) is 25.8 Å². The van der Waals surface area contributed by atoms with E-state index in [0.717, 1.165) is 17.1 Å². The highest BCUT2D eigenvalue weighted by Gasteiger charge is 2.24. The lowest BCUT2D eigenvalue weighted by molar-refractivity contribution is -0.121. The Hall–Kier alpha value is -3.22. The Morgan fingerprint density at radius 2 is 1.86 bits per heavy atom. The zero-order valence-electron chi connectivity index (χ0n) is 15.9. The smallest absolute Gasteiger partial charge is 0.420 e. The van der Waals surface area contributed by atoms with E-state index in [9.17, 15) is 9.59 Å². The number of carbonyl (C=O) groups excluding carboxylic acids is 1. The molecule has 0 bridgehead atoms. The predicted molar refractivity (Wildman–Crippen MR) is 104 cm³/mol. The minimum Gasteiger partial charge on any atom is -0.486 e. The van der Waals surface area contributed by atoms with Gasteiger partial charge in [0.1, 0.15) is 19.8 Å². The van der Waals surface area contributed by atoms with Crippen molar-refractivity contribution in [2.24, 2.45) is 0 Å². The van der Waals surface area contributed by atoms with Crippen molar-refractivity contribution in [3.8, 4) is 11.5 Å². The number of benzene rings is 2. The lowest BCUT2D eigenvalue weighted by Crippen LogP contribution is -2.39. The van der Waals surface area contributed by atoms with Gasteiger partial charge in [0, 0.05) is 12.0 Å². The summed E-state index contributed by atoms with van der Waals surface area (Å²) in [4.78, 5) is 24.5. The molecule has 0 fully saturated rings. The van der Waals surface area contributed by atoms with Crippen molar-refractivity contribution in [2.75, 3.05) is 19.8 Å². The number of ether oxygens (including phenoxy) is 2. The fourth-order valence-corrected chi connectivity index (χ4v) is 3.25. The third-order valence-corrected chi connectivity index (χ3v) is 4.93. The van der Waals surface area contributed by atoms with E-state index < -0.39 is 5.76 Å². The van der Waals surface area contributed by atoms with Gasteiger partial charge in [-0.2, -0.15) is 0 Å². The topological polar surface area (TPSA) is 82.7 Å². The highest BCUT2D eigenvalue weighted by Crippen LogP contribution is 2.34. The molecule has 1 N–H and O–H groups in total. The second-order valence-corrected chi connectivity index (χ2v) is 7.44. The van der Waals surface area contributed by atoms with Crippen LogP contribution in [0.15, 0.2) is 51.7 Å². The molecule has 2 heterocycles. The SMILES string of the molecule is CC(C)(CNC(=O)Cn1c(=O)oc2ccccc21)c1ccc2c(c1)OCCO2. The maximum atomic E-state index is 12.5. The number of oxazole rings is 1. The number of para-hydroxylation sites is 2. The Labute approximate surface area is 161 Å². The fraction of sp³-hybridized carbons (Fsp3) is 0.333. The van der Waals surface area contributed by atoms with Crippen LogP contribution in [0.25, 0.3) is 11.1 Å². The molecule has 0 saturated carbocycles. The van der Waals surface area contributed by atoms with E-state index in [4.69, 9.17) is 13.9 Å². The van der Waals surface area contributed by atoms with Crippen LogP contribution in [-0.2, 0) is 16.8 Å². The Morgan fingerprint density at radius 1 is 1.11 bits per heavy atom. The van der Waals surface area contributed by atoms with Gasteiger partial charge in [0.25, 0.3) is 0 Å². The van der Waals surface area contributed by atoms with Crippen LogP contribution >= 0.6 is 0 Å². The Bertz CT molecular complexity index is 1080. The zero-order chi connectivity index (χ0) is 19.7. The van der Waals surface area contributed by atoms with Crippen molar-refractivity contribution in [3.05, 3.63) is 58.6 Å². The van der Waals surface area contributed by atoms with E-state index in [0.29, 0.717) is 30.9 Å². The highest BCUT2D eigenvalue weighted by molar-refractivity contribution is 5.79. The van der Waals surface area contributed by atoms with Crippen molar-refractivity contribution in [1.82, 2.24) is 9.88 Å². The molecule has 1 amide bonds. The first-order chi connectivity index (χ1) is 13.4. The van der Waals surface area contributed by atoms with Crippen LogP contribution < -0.4 is 20.5 Å². The van der Waals surface area contributed by atoms with Crippen LogP contribution in [-0.4, -0.2) is 30.2 Å². The van der Waals surface area contributed by atoms with E-state index in [-0.39, 0.29) is 17.9 Å². The number of nitrogens with one attached hydrogen (secondary N) is 1. The number of rotatable bonds is 5. The normalized spacial score (nSPS) is 13.5. The van der Waals surface area contributed by atoms with E-state index in [1.807, 2.05) is 32.0 Å². The average molecular weight is 382 g/mol. The molecule has 0 spiro atoms. The molecular weight excluding hydrogens is 360 g/mol. The maximum Gasteiger partial charge on any atom is 0.420 e. The van der Waals surface area contributed by atoms with Gasteiger partial charge in [-0.25, -0.2) is 4.79 Å². The molecule has 1 aromatic heterocycles. The third-order valence-electron chi connectivity index (χ3n) is 4.93. The quantitative estimate of drug-likeness (QED) is 0.733. The first-order valence-corrected chi connectivity index (χ1v) is 9.19. The monoisotopic (exact) mass is 382 g/mol. The van der Waals surface area contributed by atoms with Crippen LogP contribution in [0.2, 0.25) is 0 Å². The van der Waals surface area contributed by atoms with E-state index in [1.165, 1.54) is 4.57 Å². The summed E-state index contributed by atoms with van der Waals surface area (Å²) in [6.07, 6.45) is 0. The lowest BCUT2D eigenvalue weighted by Gasteiger charge is -2.27. The summed E-state index contributed by atoms with van der Waals surface area (Å²) < 4.78 is 17.7. The summed E-state index contributed by atoms with van der Waals surface area (Å²) in [5.74, 6) is 0.669. The molecule has 3 aromatic rings. The fourth-order valence-electron chi connectivity index (χ4n) is 3.25. The summed E-state index contributed by atoms with van der Waals surface area (Å²) >= 11 is 0. The van der Waals surface area contributed by atoms with Crippen LogP contribution in [0, 0.1) is 0 Å². The Balaban J connectivity index is 1.45.